The van der Waals surface area contributed by atoms with Gasteiger partial charge in [0.15, 0.2) is 0 Å². The molecule has 1 unspecified atom stereocenters. The SMILES string of the molecule is CCC1(C(=O)O)CCCN1C(=O)N(C)Cc1ccc(C)o1. The molecule has 6 heteroatoms. The highest BCUT2D eigenvalue weighted by Crippen LogP contribution is 2.33. The fraction of sp³-hybridized carbons (Fsp3) is 0.600. The topological polar surface area (TPSA) is 74.0 Å². The maximum absolute atomic E-state index is 12.6. The monoisotopic (exact) mass is 294 g/mol. The number of amides is 2. The van der Waals surface area contributed by atoms with E-state index in [-0.39, 0.29) is 6.03 Å². The largest absolute Gasteiger partial charge is 0.479 e. The van der Waals surface area contributed by atoms with Crippen LogP contribution in [0.15, 0.2) is 16.5 Å². The van der Waals surface area contributed by atoms with Crippen molar-refractivity contribution in [1.82, 2.24) is 9.80 Å². The molecule has 0 saturated carbocycles. The molecule has 0 aliphatic carbocycles. The predicted molar refractivity (Wildman–Crippen MR) is 76.9 cm³/mol. The Hall–Kier alpha value is -1.98. The molecule has 1 fully saturated rings. The van der Waals surface area contributed by atoms with E-state index in [9.17, 15) is 14.7 Å². The van der Waals surface area contributed by atoms with Crippen molar-refractivity contribution in [1.29, 1.82) is 0 Å². The molecule has 0 bridgehead atoms. The number of aryl methyl sites for hydroxylation is 1. The summed E-state index contributed by atoms with van der Waals surface area (Å²) in [5.41, 5.74) is -1.07. The number of rotatable bonds is 4. The van der Waals surface area contributed by atoms with Gasteiger partial charge >= 0.3 is 12.0 Å². The number of likely N-dealkylation sites (tertiary alicyclic amines) is 1. The van der Waals surface area contributed by atoms with Crippen molar-refractivity contribution in [2.24, 2.45) is 0 Å². The van der Waals surface area contributed by atoms with Crippen LogP contribution in [0.1, 0.15) is 37.7 Å². The number of nitrogens with zero attached hydrogens (tertiary/aromatic N) is 2. The van der Waals surface area contributed by atoms with Crippen LogP contribution in [0.4, 0.5) is 4.79 Å². The Labute approximate surface area is 124 Å². The van der Waals surface area contributed by atoms with E-state index >= 15 is 0 Å². The Morgan fingerprint density at radius 1 is 1.48 bits per heavy atom. The molecule has 1 atom stereocenters. The smallest absolute Gasteiger partial charge is 0.329 e. The van der Waals surface area contributed by atoms with Crippen molar-refractivity contribution in [2.45, 2.75) is 45.2 Å². The van der Waals surface area contributed by atoms with Gasteiger partial charge in [-0.1, -0.05) is 6.92 Å². The molecule has 0 radical (unpaired) electrons. The Balaban J connectivity index is 2.12. The normalized spacial score (nSPS) is 21.6. The summed E-state index contributed by atoms with van der Waals surface area (Å²) in [6.07, 6.45) is 1.65. The van der Waals surface area contributed by atoms with Crippen molar-refractivity contribution in [3.05, 3.63) is 23.7 Å². The minimum absolute atomic E-state index is 0.259. The Morgan fingerprint density at radius 3 is 2.71 bits per heavy atom. The fourth-order valence-corrected chi connectivity index (χ4v) is 2.98. The number of aliphatic carboxylic acids is 1. The first kappa shape index (κ1) is 15.4. The quantitative estimate of drug-likeness (QED) is 0.925. The molecule has 0 aromatic carbocycles. The third-order valence-electron chi connectivity index (χ3n) is 4.22. The average molecular weight is 294 g/mol. The lowest BCUT2D eigenvalue weighted by Gasteiger charge is -2.36. The first-order valence-electron chi connectivity index (χ1n) is 7.22. The molecule has 6 nitrogen and oxygen atoms in total. The molecule has 0 spiro atoms. The molecule has 2 rings (SSSR count). The summed E-state index contributed by atoms with van der Waals surface area (Å²) in [5, 5.41) is 9.53. The standard InChI is InChI=1S/C15H22N2O4/c1-4-15(13(18)19)8-5-9-17(15)14(20)16(3)10-12-7-6-11(2)21-12/h6-7H,4-5,8-10H2,1-3H3,(H,18,19). The number of hydrogen-bond donors (Lipinski definition) is 1. The Morgan fingerprint density at radius 2 is 2.19 bits per heavy atom. The highest BCUT2D eigenvalue weighted by molar-refractivity contribution is 5.87. The summed E-state index contributed by atoms with van der Waals surface area (Å²) in [4.78, 5) is 27.2. The lowest BCUT2D eigenvalue weighted by Crippen LogP contribution is -2.55. The molecule has 1 aliphatic heterocycles. The van der Waals surface area contributed by atoms with Crippen LogP contribution in [0, 0.1) is 6.92 Å². The number of carboxylic acids is 1. The second-order valence-electron chi connectivity index (χ2n) is 5.60. The molecule has 2 heterocycles. The van der Waals surface area contributed by atoms with Gasteiger partial charge in [-0.15, -0.1) is 0 Å². The van der Waals surface area contributed by atoms with Gasteiger partial charge in [0.1, 0.15) is 17.1 Å². The molecule has 1 aromatic rings. The van der Waals surface area contributed by atoms with Gasteiger partial charge in [0.25, 0.3) is 0 Å². The van der Waals surface area contributed by atoms with E-state index in [1.807, 2.05) is 26.0 Å². The van der Waals surface area contributed by atoms with Crippen molar-refractivity contribution in [3.8, 4) is 0 Å². The van der Waals surface area contributed by atoms with E-state index in [0.29, 0.717) is 31.7 Å². The maximum atomic E-state index is 12.6. The van der Waals surface area contributed by atoms with Gasteiger partial charge in [-0.05, 0) is 38.3 Å². The molecule has 1 aliphatic rings. The van der Waals surface area contributed by atoms with Gasteiger partial charge in [0.2, 0.25) is 0 Å². The molecular weight excluding hydrogens is 272 g/mol. The van der Waals surface area contributed by atoms with E-state index in [1.165, 1.54) is 9.80 Å². The summed E-state index contributed by atoms with van der Waals surface area (Å²) < 4.78 is 5.46. The van der Waals surface area contributed by atoms with Crippen LogP contribution in [-0.4, -0.2) is 46.0 Å². The summed E-state index contributed by atoms with van der Waals surface area (Å²) in [6.45, 7) is 4.48. The molecule has 1 N–H and O–H groups in total. The van der Waals surface area contributed by atoms with Crippen LogP contribution < -0.4 is 0 Å². The molecule has 116 valence electrons. The second-order valence-corrected chi connectivity index (χ2v) is 5.60. The second kappa shape index (κ2) is 5.79. The maximum Gasteiger partial charge on any atom is 0.329 e. The van der Waals surface area contributed by atoms with Crippen LogP contribution in [-0.2, 0) is 11.3 Å². The van der Waals surface area contributed by atoms with Crippen molar-refractivity contribution in [2.75, 3.05) is 13.6 Å². The summed E-state index contributed by atoms with van der Waals surface area (Å²) in [7, 11) is 1.67. The van der Waals surface area contributed by atoms with Crippen LogP contribution in [0.3, 0.4) is 0 Å². The van der Waals surface area contributed by atoms with Crippen LogP contribution >= 0.6 is 0 Å². The fourth-order valence-electron chi connectivity index (χ4n) is 2.98. The third-order valence-corrected chi connectivity index (χ3v) is 4.22. The van der Waals surface area contributed by atoms with Gasteiger partial charge in [-0.25, -0.2) is 9.59 Å². The number of urea groups is 1. The van der Waals surface area contributed by atoms with E-state index < -0.39 is 11.5 Å². The zero-order valence-corrected chi connectivity index (χ0v) is 12.8. The first-order valence-corrected chi connectivity index (χ1v) is 7.22. The molecular formula is C15H22N2O4. The van der Waals surface area contributed by atoms with Crippen LogP contribution in [0.5, 0.6) is 0 Å². The van der Waals surface area contributed by atoms with E-state index in [2.05, 4.69) is 0 Å². The number of hydrogen-bond acceptors (Lipinski definition) is 3. The predicted octanol–water partition coefficient (Wildman–Crippen LogP) is 2.47. The van der Waals surface area contributed by atoms with Crippen molar-refractivity contribution in [3.63, 3.8) is 0 Å². The Bertz CT molecular complexity index is 540. The minimum Gasteiger partial charge on any atom is -0.479 e. The number of furan rings is 1. The van der Waals surface area contributed by atoms with E-state index in [0.717, 1.165) is 12.2 Å². The highest BCUT2D eigenvalue weighted by atomic mass is 16.4. The van der Waals surface area contributed by atoms with Gasteiger partial charge in [-0.3, -0.25) is 0 Å². The van der Waals surface area contributed by atoms with Crippen molar-refractivity contribution < 1.29 is 19.1 Å². The molecule has 21 heavy (non-hydrogen) atoms. The van der Waals surface area contributed by atoms with Gasteiger partial charge in [-0.2, -0.15) is 0 Å². The third kappa shape index (κ3) is 2.75. The van der Waals surface area contributed by atoms with Crippen LogP contribution in [0.25, 0.3) is 0 Å². The minimum atomic E-state index is -1.07. The zero-order chi connectivity index (χ0) is 15.6. The van der Waals surface area contributed by atoms with E-state index in [4.69, 9.17) is 4.42 Å². The lowest BCUT2D eigenvalue weighted by atomic mass is 9.93. The highest BCUT2D eigenvalue weighted by Gasteiger charge is 2.49. The molecule has 1 aromatic heterocycles. The van der Waals surface area contributed by atoms with Gasteiger partial charge < -0.3 is 19.3 Å². The van der Waals surface area contributed by atoms with Gasteiger partial charge in [0, 0.05) is 13.6 Å². The number of carbonyl (C=O) groups excluding carboxylic acids is 1. The van der Waals surface area contributed by atoms with Crippen molar-refractivity contribution >= 4 is 12.0 Å². The zero-order valence-electron chi connectivity index (χ0n) is 12.8. The summed E-state index contributed by atoms with van der Waals surface area (Å²) in [6, 6.07) is 3.41. The Kier molecular flexibility index (Phi) is 4.25. The summed E-state index contributed by atoms with van der Waals surface area (Å²) in [5.74, 6) is 0.568. The molecule has 2 amide bonds. The first-order chi connectivity index (χ1) is 9.90. The lowest BCUT2D eigenvalue weighted by molar-refractivity contribution is -0.148. The summed E-state index contributed by atoms with van der Waals surface area (Å²) >= 11 is 0. The van der Waals surface area contributed by atoms with Crippen LogP contribution in [0.2, 0.25) is 0 Å². The van der Waals surface area contributed by atoms with E-state index in [1.54, 1.807) is 7.05 Å². The number of carbonyl (C=O) groups is 2. The van der Waals surface area contributed by atoms with Gasteiger partial charge in [0.05, 0.1) is 6.54 Å². The molecule has 1 saturated heterocycles. The average Bonchev–Trinajstić information content (AvgIpc) is 3.04. The number of carboxylic acid groups (broad SMARTS) is 1.